The normalized spacial score (nSPS) is 13.2. The molecule has 0 bridgehead atoms. The van der Waals surface area contributed by atoms with Gasteiger partial charge in [-0.3, -0.25) is 9.59 Å². The average Bonchev–Trinajstić information content (AvgIpc) is 2.43. The third kappa shape index (κ3) is 1.27. The average molecular weight is 264 g/mol. The molecule has 6 nitrogen and oxygen atoms in total. The Labute approximate surface area is 113 Å². The van der Waals surface area contributed by atoms with E-state index < -0.39 is 0 Å². The number of H-pyrrole nitrogens is 1. The third-order valence-corrected chi connectivity index (χ3v) is 3.43. The lowest BCUT2D eigenvalue weighted by atomic mass is 9.83. The van der Waals surface area contributed by atoms with Gasteiger partial charge in [0.15, 0.2) is 11.6 Å². The van der Waals surface area contributed by atoms with Gasteiger partial charge in [-0.2, -0.15) is 5.21 Å². The minimum absolute atomic E-state index is 0.144. The fourth-order valence-electron chi connectivity index (χ4n) is 2.49. The van der Waals surface area contributed by atoms with E-state index in [1.165, 1.54) is 4.80 Å². The van der Waals surface area contributed by atoms with Crippen LogP contribution in [0.5, 0.6) is 0 Å². The van der Waals surface area contributed by atoms with Gasteiger partial charge in [0.2, 0.25) is 0 Å². The first-order valence-electron chi connectivity index (χ1n) is 6.05. The summed E-state index contributed by atoms with van der Waals surface area (Å²) in [6, 6.07) is 12.0. The van der Waals surface area contributed by atoms with Gasteiger partial charge < -0.3 is 0 Å². The smallest absolute Gasteiger partial charge is 0.196 e. The van der Waals surface area contributed by atoms with Crippen molar-refractivity contribution in [2.45, 2.75) is 0 Å². The lowest BCUT2D eigenvalue weighted by Crippen LogP contribution is -2.25. The predicted octanol–water partition coefficient (Wildman–Crippen LogP) is 1.37. The Balaban J connectivity index is 2.04. The molecule has 0 fully saturated rings. The van der Waals surface area contributed by atoms with Crippen LogP contribution in [0.25, 0.3) is 5.69 Å². The number of rotatable bonds is 1. The van der Waals surface area contributed by atoms with Crippen LogP contribution in [0.2, 0.25) is 0 Å². The number of nitrogens with one attached hydrogen (secondary N) is 1. The number of aromatic nitrogens is 4. The summed E-state index contributed by atoms with van der Waals surface area (Å²) in [4.78, 5) is 26.5. The summed E-state index contributed by atoms with van der Waals surface area (Å²) in [5.41, 5.74) is 2.16. The standard InChI is InChI=1S/C14H8N4O2/c19-13-8-4-1-2-5-9(8)14(20)12-10(13)6-3-7-11(12)18-16-15-17-18/h1-7H,(H,16,17). The minimum Gasteiger partial charge on any atom is -0.289 e. The number of nitrogens with zero attached hydrogens (tertiary/aromatic N) is 3. The molecule has 0 saturated heterocycles. The molecule has 4 rings (SSSR count). The highest BCUT2D eigenvalue weighted by molar-refractivity contribution is 6.29. The van der Waals surface area contributed by atoms with Crippen LogP contribution in [0, 0.1) is 0 Å². The lowest BCUT2D eigenvalue weighted by molar-refractivity contribution is 0.0978. The van der Waals surface area contributed by atoms with E-state index in [9.17, 15) is 9.59 Å². The van der Waals surface area contributed by atoms with Gasteiger partial charge in [0, 0.05) is 16.7 Å². The Morgan fingerprint density at radius 2 is 1.50 bits per heavy atom. The second-order valence-electron chi connectivity index (χ2n) is 4.50. The molecule has 1 N–H and O–H groups in total. The SMILES string of the molecule is O=C1c2ccccc2C(=O)c2c1cccc2-n1nn[nH]1. The van der Waals surface area contributed by atoms with Gasteiger partial charge in [-0.1, -0.05) is 36.4 Å². The van der Waals surface area contributed by atoms with Crippen LogP contribution in [0.3, 0.4) is 0 Å². The fraction of sp³-hybridized carbons (Fsp3) is 0. The number of hydrogen-bond donors (Lipinski definition) is 1. The molecule has 96 valence electrons. The highest BCUT2D eigenvalue weighted by Gasteiger charge is 2.32. The molecule has 0 unspecified atom stereocenters. The second-order valence-corrected chi connectivity index (χ2v) is 4.50. The van der Waals surface area contributed by atoms with E-state index in [0.717, 1.165) is 0 Å². The topological polar surface area (TPSA) is 80.6 Å². The van der Waals surface area contributed by atoms with Gasteiger partial charge in [-0.15, -0.1) is 4.80 Å². The molecule has 20 heavy (non-hydrogen) atoms. The molecule has 6 heteroatoms. The molecular weight excluding hydrogens is 256 g/mol. The van der Waals surface area contributed by atoms with Gasteiger partial charge in [-0.25, -0.2) is 0 Å². The minimum atomic E-state index is -0.172. The van der Waals surface area contributed by atoms with E-state index in [0.29, 0.717) is 27.9 Å². The van der Waals surface area contributed by atoms with E-state index in [4.69, 9.17) is 0 Å². The van der Waals surface area contributed by atoms with E-state index in [1.807, 2.05) is 0 Å². The zero-order valence-corrected chi connectivity index (χ0v) is 10.2. The van der Waals surface area contributed by atoms with E-state index in [1.54, 1.807) is 42.5 Å². The van der Waals surface area contributed by atoms with Crippen LogP contribution < -0.4 is 0 Å². The number of ketones is 2. The molecule has 2 aromatic carbocycles. The molecule has 0 atom stereocenters. The molecule has 1 aliphatic carbocycles. The number of fused-ring (bicyclic) bond motifs is 2. The Bertz CT molecular complexity index is 850. The summed E-state index contributed by atoms with van der Waals surface area (Å²) in [5.74, 6) is -0.316. The van der Waals surface area contributed by atoms with Crippen LogP contribution in [0.4, 0.5) is 0 Å². The van der Waals surface area contributed by atoms with Crippen molar-refractivity contribution in [3.05, 3.63) is 64.7 Å². The van der Waals surface area contributed by atoms with Crippen LogP contribution >= 0.6 is 0 Å². The summed E-state index contributed by atoms with van der Waals surface area (Å²) in [6.07, 6.45) is 0. The molecule has 0 saturated carbocycles. The monoisotopic (exact) mass is 264 g/mol. The van der Waals surface area contributed by atoms with Gasteiger partial charge in [-0.05, 0) is 16.5 Å². The Hall–Kier alpha value is -3.02. The maximum atomic E-state index is 12.6. The van der Waals surface area contributed by atoms with Crippen molar-refractivity contribution in [1.82, 2.24) is 20.4 Å². The first-order valence-corrected chi connectivity index (χ1v) is 6.05. The van der Waals surface area contributed by atoms with Gasteiger partial charge >= 0.3 is 0 Å². The molecule has 0 radical (unpaired) electrons. The number of carbonyl (C=O) groups excluding carboxylic acids is 2. The molecule has 0 aliphatic heterocycles. The first-order chi connectivity index (χ1) is 9.77. The van der Waals surface area contributed by atoms with E-state index >= 15 is 0 Å². The van der Waals surface area contributed by atoms with Crippen molar-refractivity contribution in [2.24, 2.45) is 0 Å². The molecule has 1 aliphatic rings. The maximum absolute atomic E-state index is 12.6. The highest BCUT2D eigenvalue weighted by atomic mass is 16.1. The van der Waals surface area contributed by atoms with Crippen LogP contribution in [-0.4, -0.2) is 32.0 Å². The Morgan fingerprint density at radius 1 is 0.850 bits per heavy atom. The van der Waals surface area contributed by atoms with Crippen molar-refractivity contribution >= 4 is 11.6 Å². The first kappa shape index (κ1) is 10.9. The summed E-state index contributed by atoms with van der Waals surface area (Å²) in [6.45, 7) is 0. The molecule has 1 aromatic heterocycles. The molecule has 3 aromatic rings. The molecule has 1 heterocycles. The van der Waals surface area contributed by atoms with Crippen molar-refractivity contribution in [3.63, 3.8) is 0 Å². The number of hydrogen-bond acceptors (Lipinski definition) is 4. The van der Waals surface area contributed by atoms with Crippen LogP contribution in [0.15, 0.2) is 42.5 Å². The van der Waals surface area contributed by atoms with Crippen LogP contribution in [0.1, 0.15) is 31.8 Å². The molecule has 0 spiro atoms. The van der Waals surface area contributed by atoms with Gasteiger partial charge in [0.05, 0.1) is 11.3 Å². The van der Waals surface area contributed by atoms with Crippen molar-refractivity contribution in [1.29, 1.82) is 0 Å². The maximum Gasteiger partial charge on any atom is 0.196 e. The largest absolute Gasteiger partial charge is 0.289 e. The molecular formula is C14H8N4O2. The van der Waals surface area contributed by atoms with Gasteiger partial charge in [0.1, 0.15) is 0 Å². The number of benzene rings is 2. The fourth-order valence-corrected chi connectivity index (χ4v) is 2.49. The number of carbonyl (C=O) groups is 2. The summed E-state index contributed by atoms with van der Waals surface area (Å²) in [5, 5.41) is 9.86. The van der Waals surface area contributed by atoms with Crippen LogP contribution in [-0.2, 0) is 0 Å². The second kappa shape index (κ2) is 3.74. The number of aromatic amines is 1. The summed E-state index contributed by atoms with van der Waals surface area (Å²) in [7, 11) is 0. The Morgan fingerprint density at radius 3 is 2.15 bits per heavy atom. The zero-order chi connectivity index (χ0) is 13.7. The van der Waals surface area contributed by atoms with E-state index in [-0.39, 0.29) is 11.6 Å². The quantitative estimate of drug-likeness (QED) is 0.563. The van der Waals surface area contributed by atoms with Gasteiger partial charge in [0.25, 0.3) is 0 Å². The predicted molar refractivity (Wildman–Crippen MR) is 69.0 cm³/mol. The lowest BCUT2D eigenvalue weighted by Gasteiger charge is -2.20. The van der Waals surface area contributed by atoms with Crippen molar-refractivity contribution in [3.8, 4) is 5.69 Å². The Kier molecular flexibility index (Phi) is 2.03. The third-order valence-electron chi connectivity index (χ3n) is 3.43. The van der Waals surface area contributed by atoms with E-state index in [2.05, 4.69) is 15.6 Å². The summed E-state index contributed by atoms with van der Waals surface area (Å²) >= 11 is 0. The molecule has 0 amide bonds. The highest BCUT2D eigenvalue weighted by Crippen LogP contribution is 2.30. The summed E-state index contributed by atoms with van der Waals surface area (Å²) < 4.78 is 0. The van der Waals surface area contributed by atoms with Crippen molar-refractivity contribution in [2.75, 3.05) is 0 Å². The van der Waals surface area contributed by atoms with Crippen molar-refractivity contribution < 1.29 is 9.59 Å². The zero-order valence-electron chi connectivity index (χ0n) is 10.2.